The van der Waals surface area contributed by atoms with E-state index in [0.717, 1.165) is 4.88 Å². The highest BCUT2D eigenvalue weighted by atomic mass is 32.1. The van der Waals surface area contributed by atoms with Crippen molar-refractivity contribution in [3.63, 3.8) is 0 Å². The number of aromatic nitrogens is 1. The minimum absolute atomic E-state index is 0.356. The summed E-state index contributed by atoms with van der Waals surface area (Å²) in [6.07, 6.45) is -0.00406. The maximum atomic E-state index is 11.2. The number of carboxylic acid groups (broad SMARTS) is 1. The Labute approximate surface area is 95.1 Å². The van der Waals surface area contributed by atoms with Gasteiger partial charge in [0.2, 0.25) is 0 Å². The fourth-order valence-corrected chi connectivity index (χ4v) is 1.49. The number of aliphatic hydroxyl groups is 1. The molecule has 0 aromatic carbocycles. The summed E-state index contributed by atoms with van der Waals surface area (Å²) in [5.41, 5.74) is 0. The molecule has 0 aliphatic rings. The Hall–Kier alpha value is -1.67. The number of carbonyl (C=O) groups is 2. The first kappa shape index (κ1) is 12.4. The van der Waals surface area contributed by atoms with Gasteiger partial charge in [0.15, 0.2) is 11.2 Å². The number of urea groups is 1. The van der Waals surface area contributed by atoms with Gasteiger partial charge < -0.3 is 15.5 Å². The molecule has 0 saturated carbocycles. The molecule has 7 nitrogen and oxygen atoms in total. The van der Waals surface area contributed by atoms with E-state index in [4.69, 9.17) is 10.2 Å². The van der Waals surface area contributed by atoms with Crippen LogP contribution in [0, 0.1) is 6.92 Å². The smallest absolute Gasteiger partial charge is 0.334 e. The van der Waals surface area contributed by atoms with Crippen LogP contribution in [0.3, 0.4) is 0 Å². The number of amides is 2. The predicted octanol–water partition coefficient (Wildman–Crippen LogP) is 0.0185. The van der Waals surface area contributed by atoms with E-state index in [0.29, 0.717) is 5.13 Å². The van der Waals surface area contributed by atoms with Crippen LogP contribution in [0.4, 0.5) is 9.93 Å². The van der Waals surface area contributed by atoms with E-state index in [9.17, 15) is 9.59 Å². The van der Waals surface area contributed by atoms with E-state index in [2.05, 4.69) is 15.6 Å². The lowest BCUT2D eigenvalue weighted by atomic mass is 10.4. The van der Waals surface area contributed by atoms with E-state index in [1.807, 2.05) is 6.92 Å². The highest BCUT2D eigenvalue weighted by molar-refractivity contribution is 7.15. The second-order valence-corrected chi connectivity index (χ2v) is 4.20. The van der Waals surface area contributed by atoms with Gasteiger partial charge in [-0.2, -0.15) is 0 Å². The highest BCUT2D eigenvalue weighted by Gasteiger charge is 2.14. The molecule has 2 amide bonds. The summed E-state index contributed by atoms with van der Waals surface area (Å²) in [6, 6.07) is -0.602. The second kappa shape index (κ2) is 5.42. The normalized spacial score (nSPS) is 11.9. The SMILES string of the molecule is Cc1cnc(NC(=O)NCC(O)C(=O)O)s1. The Kier molecular flexibility index (Phi) is 4.20. The van der Waals surface area contributed by atoms with Crippen LogP contribution in [0.1, 0.15) is 4.88 Å². The Morgan fingerprint density at radius 2 is 2.31 bits per heavy atom. The van der Waals surface area contributed by atoms with Gasteiger partial charge >= 0.3 is 12.0 Å². The number of rotatable bonds is 4. The number of anilines is 1. The zero-order valence-electron chi connectivity index (χ0n) is 8.43. The molecular formula is C8H11N3O4S. The number of aliphatic hydroxyl groups excluding tert-OH is 1. The number of hydrogen-bond acceptors (Lipinski definition) is 5. The first-order valence-electron chi connectivity index (χ1n) is 4.37. The molecule has 0 aliphatic carbocycles. The van der Waals surface area contributed by atoms with Crippen molar-refractivity contribution in [1.82, 2.24) is 10.3 Å². The molecule has 1 aromatic rings. The lowest BCUT2D eigenvalue weighted by Gasteiger charge is -2.07. The first-order chi connectivity index (χ1) is 7.49. The van der Waals surface area contributed by atoms with Gasteiger partial charge in [0.1, 0.15) is 0 Å². The van der Waals surface area contributed by atoms with Gasteiger partial charge in [0.05, 0.1) is 6.54 Å². The minimum atomic E-state index is -1.61. The van der Waals surface area contributed by atoms with Gasteiger partial charge in [-0.25, -0.2) is 14.6 Å². The quantitative estimate of drug-likeness (QED) is 0.597. The molecule has 1 aromatic heterocycles. The standard InChI is InChI=1S/C8H11N3O4S/c1-4-2-10-8(16-4)11-7(15)9-3-5(12)6(13)14/h2,5,12H,3H2,1H3,(H,13,14)(H2,9,10,11,15). The molecule has 0 bridgehead atoms. The molecular weight excluding hydrogens is 234 g/mol. The summed E-state index contributed by atoms with van der Waals surface area (Å²) < 4.78 is 0. The zero-order valence-corrected chi connectivity index (χ0v) is 9.24. The molecule has 8 heteroatoms. The van der Waals surface area contributed by atoms with Crippen LogP contribution in [0.2, 0.25) is 0 Å². The molecule has 1 atom stereocenters. The van der Waals surface area contributed by atoms with Gasteiger partial charge in [-0.05, 0) is 6.92 Å². The van der Waals surface area contributed by atoms with Crippen LogP contribution >= 0.6 is 11.3 Å². The predicted molar refractivity (Wildman–Crippen MR) is 57.5 cm³/mol. The average molecular weight is 245 g/mol. The van der Waals surface area contributed by atoms with Crippen LogP contribution in [-0.4, -0.2) is 39.8 Å². The third-order valence-electron chi connectivity index (χ3n) is 1.58. The van der Waals surface area contributed by atoms with Crippen molar-refractivity contribution in [2.24, 2.45) is 0 Å². The molecule has 0 fully saturated rings. The summed E-state index contributed by atoms with van der Waals surface area (Å²) in [4.78, 5) is 26.3. The van der Waals surface area contributed by atoms with Crippen LogP contribution in [0.5, 0.6) is 0 Å². The van der Waals surface area contributed by atoms with E-state index >= 15 is 0 Å². The number of nitrogens with one attached hydrogen (secondary N) is 2. The highest BCUT2D eigenvalue weighted by Crippen LogP contribution is 2.15. The monoisotopic (exact) mass is 245 g/mol. The summed E-state index contributed by atoms with van der Waals surface area (Å²) >= 11 is 1.29. The van der Waals surface area contributed by atoms with Crippen LogP contribution in [0.25, 0.3) is 0 Å². The number of carbonyl (C=O) groups excluding carboxylic acids is 1. The van der Waals surface area contributed by atoms with Gasteiger partial charge in [0, 0.05) is 11.1 Å². The molecule has 88 valence electrons. The van der Waals surface area contributed by atoms with Crippen molar-refractivity contribution >= 4 is 28.5 Å². The summed E-state index contributed by atoms with van der Waals surface area (Å²) in [5.74, 6) is -1.38. The van der Waals surface area contributed by atoms with Crippen molar-refractivity contribution in [1.29, 1.82) is 0 Å². The van der Waals surface area contributed by atoms with E-state index in [-0.39, 0.29) is 6.54 Å². The third-order valence-corrected chi connectivity index (χ3v) is 2.41. The van der Waals surface area contributed by atoms with Crippen LogP contribution < -0.4 is 10.6 Å². The van der Waals surface area contributed by atoms with Gasteiger partial charge in [-0.1, -0.05) is 0 Å². The van der Waals surface area contributed by atoms with Crippen LogP contribution in [0.15, 0.2) is 6.20 Å². The van der Waals surface area contributed by atoms with Crippen molar-refractivity contribution in [3.8, 4) is 0 Å². The average Bonchev–Trinajstić information content (AvgIpc) is 2.60. The van der Waals surface area contributed by atoms with E-state index in [1.54, 1.807) is 6.20 Å². The topological polar surface area (TPSA) is 112 Å². The summed E-state index contributed by atoms with van der Waals surface area (Å²) in [6.45, 7) is 1.49. The largest absolute Gasteiger partial charge is 0.479 e. The molecule has 0 saturated heterocycles. The summed E-state index contributed by atoms with van der Waals surface area (Å²) in [5, 5.41) is 22.3. The Bertz CT molecular complexity index is 392. The number of carboxylic acids is 1. The van der Waals surface area contributed by atoms with Crippen molar-refractivity contribution in [2.75, 3.05) is 11.9 Å². The lowest BCUT2D eigenvalue weighted by molar-refractivity contribution is -0.146. The fourth-order valence-electron chi connectivity index (χ4n) is 0.831. The number of nitrogens with zero attached hydrogens (tertiary/aromatic N) is 1. The molecule has 4 N–H and O–H groups in total. The van der Waals surface area contributed by atoms with Crippen molar-refractivity contribution in [2.45, 2.75) is 13.0 Å². The molecule has 0 aliphatic heterocycles. The molecule has 1 rings (SSSR count). The number of hydrogen-bond donors (Lipinski definition) is 4. The van der Waals surface area contributed by atoms with Crippen molar-refractivity contribution < 1.29 is 19.8 Å². The minimum Gasteiger partial charge on any atom is -0.479 e. The Morgan fingerprint density at radius 3 is 2.81 bits per heavy atom. The number of thiazole rings is 1. The maximum Gasteiger partial charge on any atom is 0.334 e. The van der Waals surface area contributed by atoms with Gasteiger partial charge in [0.25, 0.3) is 0 Å². The second-order valence-electron chi connectivity index (χ2n) is 2.97. The maximum absolute atomic E-state index is 11.2. The third kappa shape index (κ3) is 3.83. The van der Waals surface area contributed by atoms with Crippen molar-refractivity contribution in [3.05, 3.63) is 11.1 Å². The fraction of sp³-hybridized carbons (Fsp3) is 0.375. The van der Waals surface area contributed by atoms with Gasteiger partial charge in [-0.3, -0.25) is 5.32 Å². The molecule has 0 radical (unpaired) electrons. The first-order valence-corrected chi connectivity index (χ1v) is 5.19. The van der Waals surface area contributed by atoms with E-state index < -0.39 is 18.1 Å². The Morgan fingerprint density at radius 1 is 1.62 bits per heavy atom. The number of aliphatic carboxylic acids is 1. The van der Waals surface area contributed by atoms with Gasteiger partial charge in [-0.15, -0.1) is 11.3 Å². The van der Waals surface area contributed by atoms with E-state index in [1.165, 1.54) is 11.3 Å². The van der Waals surface area contributed by atoms with Crippen LogP contribution in [-0.2, 0) is 4.79 Å². The Balaban J connectivity index is 2.34. The molecule has 1 unspecified atom stereocenters. The summed E-state index contributed by atoms with van der Waals surface area (Å²) in [7, 11) is 0. The molecule has 1 heterocycles. The molecule has 16 heavy (non-hydrogen) atoms. The molecule has 0 spiro atoms. The zero-order chi connectivity index (χ0) is 12.1. The number of aryl methyl sites for hydroxylation is 1. The lowest BCUT2D eigenvalue weighted by Crippen LogP contribution is -2.38.